The second-order valence-corrected chi connectivity index (χ2v) is 5.30. The molecule has 1 heterocycles. The summed E-state index contributed by atoms with van der Waals surface area (Å²) in [7, 11) is 2.19. The standard InChI is InChI=1S/C14H23N3O/c1-10-4-7-14(18)13(16-10)9-15-8-11(2)17(3)12-5-6-12/h4,7,11-12,15,18H,5-6,8-9H2,1-3H3. The number of aromatic hydroxyl groups is 1. The van der Waals surface area contributed by atoms with E-state index in [1.165, 1.54) is 12.8 Å². The molecule has 1 fully saturated rings. The Balaban J connectivity index is 1.78. The van der Waals surface area contributed by atoms with Crippen LogP contribution in [0.25, 0.3) is 0 Å². The molecule has 0 spiro atoms. The van der Waals surface area contributed by atoms with Crippen molar-refractivity contribution in [3.63, 3.8) is 0 Å². The first-order valence-electron chi connectivity index (χ1n) is 6.66. The molecule has 18 heavy (non-hydrogen) atoms. The van der Waals surface area contributed by atoms with Crippen LogP contribution < -0.4 is 5.32 Å². The van der Waals surface area contributed by atoms with Gasteiger partial charge in [0, 0.05) is 30.9 Å². The first kappa shape index (κ1) is 13.3. The Morgan fingerprint density at radius 2 is 2.22 bits per heavy atom. The maximum Gasteiger partial charge on any atom is 0.138 e. The Morgan fingerprint density at radius 1 is 1.50 bits per heavy atom. The summed E-state index contributed by atoms with van der Waals surface area (Å²) in [5.74, 6) is 0.274. The monoisotopic (exact) mass is 249 g/mol. The van der Waals surface area contributed by atoms with E-state index < -0.39 is 0 Å². The van der Waals surface area contributed by atoms with Crippen LogP contribution in [-0.2, 0) is 6.54 Å². The van der Waals surface area contributed by atoms with Crippen molar-refractivity contribution in [2.75, 3.05) is 13.6 Å². The number of nitrogens with one attached hydrogen (secondary N) is 1. The predicted molar refractivity (Wildman–Crippen MR) is 72.6 cm³/mol. The Kier molecular flexibility index (Phi) is 4.19. The molecule has 1 atom stereocenters. The lowest BCUT2D eigenvalue weighted by molar-refractivity contribution is 0.240. The van der Waals surface area contributed by atoms with Gasteiger partial charge in [-0.15, -0.1) is 0 Å². The van der Waals surface area contributed by atoms with Crippen molar-refractivity contribution in [1.29, 1.82) is 0 Å². The highest BCUT2D eigenvalue weighted by molar-refractivity contribution is 5.27. The number of hydrogen-bond acceptors (Lipinski definition) is 4. The van der Waals surface area contributed by atoms with Crippen LogP contribution >= 0.6 is 0 Å². The third-order valence-corrected chi connectivity index (χ3v) is 3.64. The van der Waals surface area contributed by atoms with Gasteiger partial charge in [-0.3, -0.25) is 9.88 Å². The number of hydrogen-bond donors (Lipinski definition) is 2. The van der Waals surface area contributed by atoms with Crippen LogP contribution in [0.3, 0.4) is 0 Å². The second-order valence-electron chi connectivity index (χ2n) is 5.30. The van der Waals surface area contributed by atoms with Crippen LogP contribution in [0.5, 0.6) is 5.75 Å². The minimum Gasteiger partial charge on any atom is -0.506 e. The van der Waals surface area contributed by atoms with Gasteiger partial charge in [-0.2, -0.15) is 0 Å². The van der Waals surface area contributed by atoms with E-state index in [-0.39, 0.29) is 5.75 Å². The number of nitrogens with zero attached hydrogens (tertiary/aromatic N) is 2. The number of likely N-dealkylation sites (N-methyl/N-ethyl adjacent to an activating group) is 1. The van der Waals surface area contributed by atoms with Crippen molar-refractivity contribution >= 4 is 0 Å². The van der Waals surface area contributed by atoms with Gasteiger partial charge in [0.05, 0.1) is 5.69 Å². The summed E-state index contributed by atoms with van der Waals surface area (Å²) in [6.07, 6.45) is 2.67. The van der Waals surface area contributed by atoms with E-state index in [9.17, 15) is 5.11 Å². The minimum atomic E-state index is 0.274. The molecule has 0 aromatic carbocycles. The Hall–Kier alpha value is -1.13. The van der Waals surface area contributed by atoms with Gasteiger partial charge in [-0.1, -0.05) is 0 Å². The largest absolute Gasteiger partial charge is 0.506 e. The molecule has 4 heteroatoms. The molecule has 2 N–H and O–H groups in total. The molecular weight excluding hydrogens is 226 g/mol. The van der Waals surface area contributed by atoms with Crippen molar-refractivity contribution in [3.05, 3.63) is 23.5 Å². The molecule has 1 aromatic heterocycles. The van der Waals surface area contributed by atoms with Crippen molar-refractivity contribution < 1.29 is 5.11 Å². The topological polar surface area (TPSA) is 48.4 Å². The number of aromatic nitrogens is 1. The molecule has 0 bridgehead atoms. The zero-order valence-corrected chi connectivity index (χ0v) is 11.5. The van der Waals surface area contributed by atoms with E-state index in [1.807, 2.05) is 13.0 Å². The highest BCUT2D eigenvalue weighted by Gasteiger charge is 2.28. The van der Waals surface area contributed by atoms with E-state index in [0.29, 0.717) is 12.6 Å². The summed E-state index contributed by atoms with van der Waals surface area (Å²) in [6, 6.07) is 4.83. The van der Waals surface area contributed by atoms with Crippen LogP contribution in [0.2, 0.25) is 0 Å². The summed E-state index contributed by atoms with van der Waals surface area (Å²) < 4.78 is 0. The van der Waals surface area contributed by atoms with Gasteiger partial charge in [0.1, 0.15) is 5.75 Å². The van der Waals surface area contributed by atoms with Crippen molar-refractivity contribution in [1.82, 2.24) is 15.2 Å². The maximum atomic E-state index is 9.69. The van der Waals surface area contributed by atoms with E-state index in [2.05, 4.69) is 29.2 Å². The first-order valence-corrected chi connectivity index (χ1v) is 6.66. The molecule has 4 nitrogen and oxygen atoms in total. The van der Waals surface area contributed by atoms with E-state index in [1.54, 1.807) is 6.07 Å². The molecule has 2 rings (SSSR count). The highest BCUT2D eigenvalue weighted by Crippen LogP contribution is 2.26. The van der Waals surface area contributed by atoms with E-state index >= 15 is 0 Å². The normalized spacial score (nSPS) is 17.1. The van der Waals surface area contributed by atoms with Crippen molar-refractivity contribution in [2.45, 2.75) is 45.3 Å². The van der Waals surface area contributed by atoms with Crippen LogP contribution in [0.4, 0.5) is 0 Å². The number of rotatable bonds is 6. The first-order chi connectivity index (χ1) is 8.58. The fourth-order valence-corrected chi connectivity index (χ4v) is 2.12. The third-order valence-electron chi connectivity index (χ3n) is 3.64. The summed E-state index contributed by atoms with van der Waals surface area (Å²) >= 11 is 0. The third kappa shape index (κ3) is 3.43. The average Bonchev–Trinajstić information content (AvgIpc) is 3.16. The van der Waals surface area contributed by atoms with Gasteiger partial charge >= 0.3 is 0 Å². The quantitative estimate of drug-likeness (QED) is 0.805. The lowest BCUT2D eigenvalue weighted by atomic mass is 10.2. The Morgan fingerprint density at radius 3 is 2.89 bits per heavy atom. The van der Waals surface area contributed by atoms with E-state index in [0.717, 1.165) is 24.0 Å². The summed E-state index contributed by atoms with van der Waals surface area (Å²) in [5, 5.41) is 13.1. The van der Waals surface area contributed by atoms with Gasteiger partial charge in [-0.25, -0.2) is 0 Å². The zero-order chi connectivity index (χ0) is 13.1. The molecule has 1 aliphatic rings. The van der Waals surface area contributed by atoms with Gasteiger partial charge in [0.2, 0.25) is 0 Å². The molecule has 1 saturated carbocycles. The van der Waals surface area contributed by atoms with Crippen LogP contribution in [-0.4, -0.2) is 40.7 Å². The lowest BCUT2D eigenvalue weighted by Gasteiger charge is -2.24. The Bertz CT molecular complexity index is 404. The molecule has 100 valence electrons. The van der Waals surface area contributed by atoms with Crippen LogP contribution in [0.15, 0.2) is 12.1 Å². The maximum absolute atomic E-state index is 9.69. The lowest BCUT2D eigenvalue weighted by Crippen LogP contribution is -2.39. The highest BCUT2D eigenvalue weighted by atomic mass is 16.3. The molecule has 0 amide bonds. The molecule has 0 saturated heterocycles. The van der Waals surface area contributed by atoms with Crippen LogP contribution in [0, 0.1) is 6.92 Å². The summed E-state index contributed by atoms with van der Waals surface area (Å²) in [5.41, 5.74) is 1.67. The van der Waals surface area contributed by atoms with Gasteiger partial charge < -0.3 is 10.4 Å². The molecule has 1 unspecified atom stereocenters. The predicted octanol–water partition coefficient (Wildman–Crippen LogP) is 1.67. The fraction of sp³-hybridized carbons (Fsp3) is 0.643. The Labute approximate surface area is 109 Å². The SMILES string of the molecule is Cc1ccc(O)c(CNCC(C)N(C)C2CC2)n1. The minimum absolute atomic E-state index is 0.274. The summed E-state index contributed by atoms with van der Waals surface area (Å²) in [4.78, 5) is 6.76. The molecule has 1 aromatic rings. The number of pyridine rings is 1. The van der Waals surface area contributed by atoms with Crippen molar-refractivity contribution in [2.24, 2.45) is 0 Å². The zero-order valence-electron chi connectivity index (χ0n) is 11.5. The number of aryl methyl sites for hydroxylation is 1. The summed E-state index contributed by atoms with van der Waals surface area (Å²) in [6.45, 7) is 5.71. The average molecular weight is 249 g/mol. The van der Waals surface area contributed by atoms with E-state index in [4.69, 9.17) is 0 Å². The van der Waals surface area contributed by atoms with Gasteiger partial charge in [0.25, 0.3) is 0 Å². The van der Waals surface area contributed by atoms with Gasteiger partial charge in [-0.05, 0) is 45.9 Å². The molecule has 0 aliphatic heterocycles. The molecule has 0 radical (unpaired) electrons. The van der Waals surface area contributed by atoms with Gasteiger partial charge in [0.15, 0.2) is 0 Å². The van der Waals surface area contributed by atoms with Crippen molar-refractivity contribution in [3.8, 4) is 5.75 Å². The molecule has 1 aliphatic carbocycles. The fourth-order valence-electron chi connectivity index (χ4n) is 2.12. The molecular formula is C14H23N3O. The smallest absolute Gasteiger partial charge is 0.138 e. The van der Waals surface area contributed by atoms with Crippen LogP contribution in [0.1, 0.15) is 31.2 Å². The second kappa shape index (κ2) is 5.67.